The minimum atomic E-state index is -4.41. The predicted molar refractivity (Wildman–Crippen MR) is 200 cm³/mol. The standard InChI is InChI=1S/C38H43Cl2N3O7S/c1-6-50-31-16-14-30(15-17-31)43(51(46,47)32-18-19-35(48-4)36(22-32)49-5)25-37(44)42(24-28-12-13-29(39)21-33(28)40)34(38(45)41-23-26(2)3)20-27-10-8-7-9-11-27/h7-19,21-22,26,34H,6,20,23-25H2,1-5H3,(H,41,45)/t34-/m0/s1. The van der Waals surface area contributed by atoms with E-state index >= 15 is 0 Å². The summed E-state index contributed by atoms with van der Waals surface area (Å²) in [6, 6.07) is 23.7. The van der Waals surface area contributed by atoms with Crippen LogP contribution in [0.5, 0.6) is 17.2 Å². The van der Waals surface area contributed by atoms with E-state index in [1.54, 1.807) is 42.5 Å². The lowest BCUT2D eigenvalue weighted by Crippen LogP contribution is -2.53. The van der Waals surface area contributed by atoms with Crippen LogP contribution < -0.4 is 23.8 Å². The summed E-state index contributed by atoms with van der Waals surface area (Å²) in [6.07, 6.45) is 0.160. The lowest BCUT2D eigenvalue weighted by molar-refractivity contribution is -0.140. The number of sulfonamides is 1. The minimum Gasteiger partial charge on any atom is -0.494 e. The molecule has 0 spiro atoms. The Kier molecular flexibility index (Phi) is 14.0. The first-order valence-electron chi connectivity index (χ1n) is 16.4. The highest BCUT2D eigenvalue weighted by molar-refractivity contribution is 7.92. The monoisotopic (exact) mass is 755 g/mol. The van der Waals surface area contributed by atoms with Crippen molar-refractivity contribution in [3.63, 3.8) is 0 Å². The van der Waals surface area contributed by atoms with Crippen molar-refractivity contribution < 1.29 is 32.2 Å². The molecule has 0 radical (unpaired) electrons. The molecule has 0 bridgehead atoms. The van der Waals surface area contributed by atoms with Gasteiger partial charge in [-0.15, -0.1) is 0 Å². The second kappa shape index (κ2) is 18.2. The van der Waals surface area contributed by atoms with E-state index in [9.17, 15) is 18.0 Å². The normalized spacial score (nSPS) is 11.8. The fraction of sp³-hybridized carbons (Fsp3) is 0.316. The Hall–Kier alpha value is -4.45. The second-order valence-electron chi connectivity index (χ2n) is 12.1. The molecule has 1 N–H and O–H groups in total. The Morgan fingerprint density at radius 2 is 1.55 bits per heavy atom. The van der Waals surface area contributed by atoms with Crippen LogP contribution in [-0.4, -0.2) is 65.1 Å². The third kappa shape index (κ3) is 10.3. The van der Waals surface area contributed by atoms with Crippen molar-refractivity contribution in [2.45, 2.75) is 44.7 Å². The molecule has 10 nitrogen and oxygen atoms in total. The number of amides is 2. The first-order valence-corrected chi connectivity index (χ1v) is 18.6. The van der Waals surface area contributed by atoms with Gasteiger partial charge in [-0.3, -0.25) is 13.9 Å². The number of methoxy groups -OCH3 is 2. The van der Waals surface area contributed by atoms with Gasteiger partial charge < -0.3 is 24.4 Å². The van der Waals surface area contributed by atoms with E-state index in [2.05, 4.69) is 5.32 Å². The maximum Gasteiger partial charge on any atom is 0.264 e. The Labute approximate surface area is 310 Å². The molecule has 1 atom stereocenters. The van der Waals surface area contributed by atoms with Crippen LogP contribution in [0.4, 0.5) is 5.69 Å². The summed E-state index contributed by atoms with van der Waals surface area (Å²) >= 11 is 12.8. The van der Waals surface area contributed by atoms with Crippen molar-refractivity contribution in [1.82, 2.24) is 10.2 Å². The van der Waals surface area contributed by atoms with Crippen LogP contribution >= 0.6 is 23.2 Å². The van der Waals surface area contributed by atoms with Crippen LogP contribution in [0.15, 0.2) is 95.9 Å². The smallest absolute Gasteiger partial charge is 0.264 e. The predicted octanol–water partition coefficient (Wildman–Crippen LogP) is 7.02. The van der Waals surface area contributed by atoms with E-state index in [1.165, 1.54) is 37.3 Å². The van der Waals surface area contributed by atoms with Gasteiger partial charge in [-0.25, -0.2) is 8.42 Å². The zero-order valence-corrected chi connectivity index (χ0v) is 31.6. The van der Waals surface area contributed by atoms with Crippen molar-refractivity contribution >= 4 is 50.7 Å². The zero-order chi connectivity index (χ0) is 37.1. The summed E-state index contributed by atoms with van der Waals surface area (Å²) in [5.41, 5.74) is 1.54. The molecule has 0 aliphatic heterocycles. The van der Waals surface area contributed by atoms with Crippen LogP contribution in [0.1, 0.15) is 31.9 Å². The molecule has 4 aromatic rings. The molecule has 51 heavy (non-hydrogen) atoms. The second-order valence-corrected chi connectivity index (χ2v) is 14.8. The highest BCUT2D eigenvalue weighted by Crippen LogP contribution is 2.33. The summed E-state index contributed by atoms with van der Waals surface area (Å²) in [5.74, 6) is 0.173. The quantitative estimate of drug-likeness (QED) is 0.123. The van der Waals surface area contributed by atoms with E-state index < -0.39 is 28.5 Å². The molecule has 0 unspecified atom stereocenters. The number of hydrogen-bond acceptors (Lipinski definition) is 7. The number of carbonyl (C=O) groups is 2. The molecule has 0 saturated carbocycles. The van der Waals surface area contributed by atoms with Gasteiger partial charge in [0, 0.05) is 35.6 Å². The molecule has 0 fully saturated rings. The van der Waals surface area contributed by atoms with Crippen LogP contribution in [0.25, 0.3) is 0 Å². The van der Waals surface area contributed by atoms with Crippen molar-refractivity contribution in [2.24, 2.45) is 5.92 Å². The molecule has 0 aromatic heterocycles. The van der Waals surface area contributed by atoms with Crippen molar-refractivity contribution in [3.05, 3.63) is 112 Å². The number of hydrogen-bond donors (Lipinski definition) is 1. The topological polar surface area (TPSA) is 114 Å². The Morgan fingerprint density at radius 1 is 0.863 bits per heavy atom. The van der Waals surface area contributed by atoms with Gasteiger partial charge in [0.1, 0.15) is 18.3 Å². The summed E-state index contributed by atoms with van der Waals surface area (Å²) < 4.78 is 46.3. The zero-order valence-electron chi connectivity index (χ0n) is 29.3. The maximum atomic E-state index is 14.8. The Bertz CT molecular complexity index is 1890. The summed E-state index contributed by atoms with van der Waals surface area (Å²) in [7, 11) is -1.57. The Morgan fingerprint density at radius 3 is 2.16 bits per heavy atom. The number of benzene rings is 4. The first kappa shape index (κ1) is 39.3. The minimum absolute atomic E-state index is 0.102. The van der Waals surface area contributed by atoms with Crippen LogP contribution in [-0.2, 0) is 32.6 Å². The van der Waals surface area contributed by atoms with E-state index in [4.69, 9.17) is 37.4 Å². The lowest BCUT2D eigenvalue weighted by Gasteiger charge is -2.34. The van der Waals surface area contributed by atoms with Crippen molar-refractivity contribution in [1.29, 1.82) is 0 Å². The van der Waals surface area contributed by atoms with Gasteiger partial charge in [-0.1, -0.05) is 73.4 Å². The molecule has 13 heteroatoms. The summed E-state index contributed by atoms with van der Waals surface area (Å²) in [6.45, 7) is 5.81. The maximum absolute atomic E-state index is 14.8. The lowest BCUT2D eigenvalue weighted by atomic mass is 10.0. The number of nitrogens with zero attached hydrogens (tertiary/aromatic N) is 2. The van der Waals surface area contributed by atoms with E-state index in [1.807, 2.05) is 51.1 Å². The molecule has 0 aliphatic rings. The molecule has 0 saturated heterocycles. The fourth-order valence-electron chi connectivity index (χ4n) is 5.32. The third-order valence-corrected chi connectivity index (χ3v) is 10.3. The SMILES string of the molecule is CCOc1ccc(N(CC(=O)N(Cc2ccc(Cl)cc2Cl)[C@@H](Cc2ccccc2)C(=O)NCC(C)C)S(=O)(=O)c2ccc(OC)c(OC)c2)cc1. The highest BCUT2D eigenvalue weighted by Gasteiger charge is 2.35. The van der Waals surface area contributed by atoms with Crippen LogP contribution in [0, 0.1) is 5.92 Å². The average molecular weight is 757 g/mol. The molecule has 4 aromatic carbocycles. The molecule has 4 rings (SSSR count). The number of rotatable bonds is 17. The third-order valence-electron chi connectivity index (χ3n) is 7.97. The number of halogens is 2. The number of anilines is 1. The first-order chi connectivity index (χ1) is 24.4. The largest absolute Gasteiger partial charge is 0.494 e. The molecule has 272 valence electrons. The molecular formula is C38H43Cl2N3O7S. The average Bonchev–Trinajstić information content (AvgIpc) is 3.12. The molecule has 0 heterocycles. The molecular weight excluding hydrogens is 713 g/mol. The molecule has 2 amide bonds. The number of nitrogens with one attached hydrogen (secondary N) is 1. The van der Waals surface area contributed by atoms with Crippen LogP contribution in [0.3, 0.4) is 0 Å². The van der Waals surface area contributed by atoms with E-state index in [0.29, 0.717) is 40.3 Å². The van der Waals surface area contributed by atoms with Crippen LogP contribution in [0.2, 0.25) is 10.0 Å². The molecule has 0 aliphatic carbocycles. The van der Waals surface area contributed by atoms with E-state index in [-0.39, 0.29) is 41.1 Å². The van der Waals surface area contributed by atoms with Gasteiger partial charge in [0.2, 0.25) is 11.8 Å². The van der Waals surface area contributed by atoms with Gasteiger partial charge in [-0.05, 0) is 72.5 Å². The van der Waals surface area contributed by atoms with E-state index in [0.717, 1.165) is 9.87 Å². The summed E-state index contributed by atoms with van der Waals surface area (Å²) in [4.78, 5) is 30.0. The van der Waals surface area contributed by atoms with Gasteiger partial charge in [0.15, 0.2) is 11.5 Å². The van der Waals surface area contributed by atoms with Gasteiger partial charge in [0.25, 0.3) is 10.0 Å². The van der Waals surface area contributed by atoms with Gasteiger partial charge >= 0.3 is 0 Å². The number of carbonyl (C=O) groups excluding carboxylic acids is 2. The van der Waals surface area contributed by atoms with Gasteiger partial charge in [0.05, 0.1) is 31.4 Å². The summed E-state index contributed by atoms with van der Waals surface area (Å²) in [5, 5.41) is 3.67. The fourth-order valence-corrected chi connectivity index (χ4v) is 7.22. The van der Waals surface area contributed by atoms with Crippen molar-refractivity contribution in [3.8, 4) is 17.2 Å². The van der Waals surface area contributed by atoms with Crippen molar-refractivity contribution in [2.75, 3.05) is 38.2 Å². The Balaban J connectivity index is 1.85. The van der Waals surface area contributed by atoms with Gasteiger partial charge in [-0.2, -0.15) is 0 Å². The number of ether oxygens (including phenoxy) is 3. The highest BCUT2D eigenvalue weighted by atomic mass is 35.5.